The van der Waals surface area contributed by atoms with Gasteiger partial charge in [0.1, 0.15) is 5.75 Å². The fourth-order valence-electron chi connectivity index (χ4n) is 2.59. The third-order valence-corrected chi connectivity index (χ3v) is 4.38. The van der Waals surface area contributed by atoms with Crippen LogP contribution in [0.3, 0.4) is 0 Å². The number of rotatable bonds is 4. The van der Waals surface area contributed by atoms with E-state index in [1.54, 1.807) is 24.3 Å². The topological polar surface area (TPSA) is 110 Å². The number of nitrogens with one attached hydrogen (secondary N) is 1. The van der Waals surface area contributed by atoms with Gasteiger partial charge < -0.3 is 15.8 Å². The summed E-state index contributed by atoms with van der Waals surface area (Å²) < 4.78 is 6.79. The summed E-state index contributed by atoms with van der Waals surface area (Å²) in [6.07, 6.45) is 0. The van der Waals surface area contributed by atoms with Crippen molar-refractivity contribution in [2.24, 2.45) is 0 Å². The minimum Gasteiger partial charge on any atom is -0.424 e. The van der Waals surface area contributed by atoms with Crippen LogP contribution in [0.1, 0.15) is 5.56 Å². The number of benzene rings is 3. The number of hydrogen-bond acceptors (Lipinski definition) is 7. The normalized spacial score (nSPS) is 10.4. The zero-order chi connectivity index (χ0) is 19.5. The summed E-state index contributed by atoms with van der Waals surface area (Å²) in [5.74, 6) is 0.868. The van der Waals surface area contributed by atoms with Crippen molar-refractivity contribution in [1.29, 1.82) is 5.26 Å². The lowest BCUT2D eigenvalue weighted by atomic mass is 10.1. The molecule has 4 rings (SSSR count). The van der Waals surface area contributed by atoms with Crippen LogP contribution in [0.4, 0.5) is 17.6 Å². The van der Waals surface area contributed by atoms with Gasteiger partial charge in [-0.25, -0.2) is 0 Å². The molecule has 4 aromatic rings. The smallest absolute Gasteiger partial charge is 0.328 e. The van der Waals surface area contributed by atoms with E-state index in [0.717, 1.165) is 15.2 Å². The van der Waals surface area contributed by atoms with Crippen LogP contribution < -0.4 is 15.8 Å². The van der Waals surface area contributed by atoms with Crippen LogP contribution in [-0.2, 0) is 0 Å². The third-order valence-electron chi connectivity index (χ3n) is 3.89. The Hall–Kier alpha value is -3.70. The number of hydrogen-bond donors (Lipinski definition) is 2. The molecule has 0 saturated carbocycles. The molecular formula is C20H13BrN6O. The van der Waals surface area contributed by atoms with E-state index in [1.165, 1.54) is 0 Å². The molecule has 0 radical (unpaired) electrons. The number of fused-ring (bicyclic) bond motifs is 1. The molecule has 0 spiro atoms. The second-order valence-electron chi connectivity index (χ2n) is 5.87. The van der Waals surface area contributed by atoms with Gasteiger partial charge in [-0.05, 0) is 59.3 Å². The van der Waals surface area contributed by atoms with Gasteiger partial charge in [0, 0.05) is 10.2 Å². The highest BCUT2D eigenvalue weighted by Gasteiger charge is 2.08. The number of nitrogens with zero attached hydrogens (tertiary/aromatic N) is 4. The van der Waals surface area contributed by atoms with Crippen molar-refractivity contribution in [3.05, 3.63) is 70.7 Å². The van der Waals surface area contributed by atoms with Crippen LogP contribution in [-0.4, -0.2) is 15.0 Å². The fraction of sp³-hybridized carbons (Fsp3) is 0. The summed E-state index contributed by atoms with van der Waals surface area (Å²) in [7, 11) is 0. The third kappa shape index (κ3) is 4.00. The lowest BCUT2D eigenvalue weighted by Gasteiger charge is -2.09. The highest BCUT2D eigenvalue weighted by atomic mass is 79.9. The van der Waals surface area contributed by atoms with Gasteiger partial charge in [-0.1, -0.05) is 28.1 Å². The zero-order valence-corrected chi connectivity index (χ0v) is 16.0. The molecular weight excluding hydrogens is 420 g/mol. The maximum atomic E-state index is 8.87. The monoisotopic (exact) mass is 432 g/mol. The molecule has 0 saturated heterocycles. The lowest BCUT2D eigenvalue weighted by Crippen LogP contribution is -2.05. The van der Waals surface area contributed by atoms with Gasteiger partial charge in [-0.3, -0.25) is 0 Å². The fourth-order valence-corrected chi connectivity index (χ4v) is 2.97. The maximum absolute atomic E-state index is 8.87. The Balaban J connectivity index is 1.58. The Morgan fingerprint density at radius 3 is 2.46 bits per heavy atom. The van der Waals surface area contributed by atoms with E-state index in [2.05, 4.69) is 42.3 Å². The van der Waals surface area contributed by atoms with E-state index in [4.69, 9.17) is 15.7 Å². The van der Waals surface area contributed by atoms with Gasteiger partial charge in [0.2, 0.25) is 11.9 Å². The van der Waals surface area contributed by atoms with Crippen molar-refractivity contribution in [2.75, 3.05) is 11.1 Å². The van der Waals surface area contributed by atoms with Crippen molar-refractivity contribution in [2.45, 2.75) is 0 Å². The molecule has 1 aromatic heterocycles. The van der Waals surface area contributed by atoms with Crippen LogP contribution >= 0.6 is 15.9 Å². The first-order valence-corrected chi connectivity index (χ1v) is 9.04. The largest absolute Gasteiger partial charge is 0.424 e. The van der Waals surface area contributed by atoms with Crippen LogP contribution in [0.2, 0.25) is 0 Å². The minimum absolute atomic E-state index is 0.0332. The summed E-state index contributed by atoms with van der Waals surface area (Å²) in [4.78, 5) is 12.4. The highest BCUT2D eigenvalue weighted by Crippen LogP contribution is 2.27. The molecule has 28 heavy (non-hydrogen) atoms. The molecule has 0 bridgehead atoms. The van der Waals surface area contributed by atoms with E-state index >= 15 is 0 Å². The summed E-state index contributed by atoms with van der Waals surface area (Å²) in [6.45, 7) is 0. The highest BCUT2D eigenvalue weighted by molar-refractivity contribution is 9.10. The van der Waals surface area contributed by atoms with E-state index in [9.17, 15) is 0 Å². The van der Waals surface area contributed by atoms with Crippen LogP contribution in [0.15, 0.2) is 65.1 Å². The molecule has 0 atom stereocenters. The molecule has 136 valence electrons. The Morgan fingerprint density at radius 2 is 1.68 bits per heavy atom. The summed E-state index contributed by atoms with van der Waals surface area (Å²) >= 11 is 3.46. The molecule has 0 amide bonds. The van der Waals surface area contributed by atoms with Gasteiger partial charge in [0.15, 0.2) is 0 Å². The van der Waals surface area contributed by atoms with E-state index in [-0.39, 0.29) is 17.9 Å². The zero-order valence-electron chi connectivity index (χ0n) is 14.4. The summed E-state index contributed by atoms with van der Waals surface area (Å²) in [5.41, 5.74) is 7.07. The quantitative estimate of drug-likeness (QED) is 0.477. The minimum atomic E-state index is 0.0332. The molecule has 0 unspecified atom stereocenters. The Kier molecular flexibility index (Phi) is 4.74. The number of nitriles is 1. The van der Waals surface area contributed by atoms with Gasteiger partial charge in [0.05, 0.1) is 11.6 Å². The van der Waals surface area contributed by atoms with E-state index in [1.807, 2.05) is 36.4 Å². The van der Waals surface area contributed by atoms with E-state index in [0.29, 0.717) is 17.0 Å². The molecule has 0 aliphatic carbocycles. The number of nitrogen functional groups attached to an aromatic ring is 1. The average molecular weight is 433 g/mol. The van der Waals surface area contributed by atoms with Gasteiger partial charge in [0.25, 0.3) is 0 Å². The first-order valence-electron chi connectivity index (χ1n) is 8.25. The van der Waals surface area contributed by atoms with Crippen LogP contribution in [0.5, 0.6) is 11.8 Å². The molecule has 3 aromatic carbocycles. The number of halogens is 1. The van der Waals surface area contributed by atoms with Crippen LogP contribution in [0, 0.1) is 11.3 Å². The van der Waals surface area contributed by atoms with Gasteiger partial charge in [-0.15, -0.1) is 0 Å². The molecule has 0 aliphatic heterocycles. The molecule has 3 N–H and O–H groups in total. The molecule has 8 heteroatoms. The van der Waals surface area contributed by atoms with Gasteiger partial charge >= 0.3 is 6.01 Å². The summed E-state index contributed by atoms with van der Waals surface area (Å²) in [5, 5.41) is 14.0. The van der Waals surface area contributed by atoms with Crippen molar-refractivity contribution in [3.8, 4) is 17.8 Å². The lowest BCUT2D eigenvalue weighted by molar-refractivity contribution is 0.442. The number of anilines is 3. The van der Waals surface area contributed by atoms with E-state index < -0.39 is 0 Å². The van der Waals surface area contributed by atoms with Crippen LogP contribution in [0.25, 0.3) is 10.8 Å². The van der Waals surface area contributed by atoms with Crippen molar-refractivity contribution in [1.82, 2.24) is 15.0 Å². The summed E-state index contributed by atoms with van der Waals surface area (Å²) in [6, 6.07) is 20.7. The molecule has 1 heterocycles. The number of ether oxygens (including phenoxy) is 1. The van der Waals surface area contributed by atoms with Crippen molar-refractivity contribution < 1.29 is 4.74 Å². The predicted octanol–water partition coefficient (Wildman–Crippen LogP) is 4.78. The molecule has 7 nitrogen and oxygen atoms in total. The van der Waals surface area contributed by atoms with Gasteiger partial charge in [-0.2, -0.15) is 20.2 Å². The first-order chi connectivity index (χ1) is 13.6. The van der Waals surface area contributed by atoms with Crippen molar-refractivity contribution in [3.63, 3.8) is 0 Å². The SMILES string of the molecule is N#Cc1ccc(Nc2nc(N)nc(Oc3ccc4cc(Br)ccc4c3)n2)cc1. The Morgan fingerprint density at radius 1 is 0.929 bits per heavy atom. The predicted molar refractivity (Wildman–Crippen MR) is 110 cm³/mol. The number of aromatic nitrogens is 3. The first kappa shape index (κ1) is 17.7. The maximum Gasteiger partial charge on any atom is 0.328 e. The molecule has 0 fully saturated rings. The Bertz CT molecular complexity index is 1200. The molecule has 0 aliphatic rings. The Labute approximate surface area is 169 Å². The average Bonchev–Trinajstić information content (AvgIpc) is 2.68. The second-order valence-corrected chi connectivity index (χ2v) is 6.78. The standard InChI is InChI=1S/C20H13BrN6O/c21-15-5-3-14-10-17(8-4-13(14)9-15)28-20-26-18(23)25-19(27-20)24-16-6-1-12(11-22)2-7-16/h1-10H,(H3,23,24,25,26,27). The second kappa shape index (κ2) is 7.50. The van der Waals surface area contributed by atoms with Crippen molar-refractivity contribution >= 4 is 44.3 Å². The number of nitrogens with two attached hydrogens (primary N) is 1.